The van der Waals surface area contributed by atoms with E-state index in [-0.39, 0.29) is 11.6 Å². The summed E-state index contributed by atoms with van der Waals surface area (Å²) < 4.78 is 29.6. The van der Waals surface area contributed by atoms with Gasteiger partial charge in [0.2, 0.25) is 5.95 Å². The Bertz CT molecular complexity index is 1520. The van der Waals surface area contributed by atoms with Crippen LogP contribution in [0.2, 0.25) is 5.02 Å². The summed E-state index contributed by atoms with van der Waals surface area (Å²) >= 11 is 6.31. The van der Waals surface area contributed by atoms with Crippen LogP contribution >= 0.6 is 11.6 Å². The lowest BCUT2D eigenvalue weighted by atomic mass is 10.0. The Morgan fingerprint density at radius 1 is 1.10 bits per heavy atom. The van der Waals surface area contributed by atoms with Crippen molar-refractivity contribution in [1.82, 2.24) is 15.3 Å². The molecule has 200 valence electrons. The molecule has 39 heavy (non-hydrogen) atoms. The number of carbonyl (C=O) groups is 1. The van der Waals surface area contributed by atoms with Crippen LogP contribution in [0.5, 0.6) is 0 Å². The van der Waals surface area contributed by atoms with Crippen LogP contribution in [0.1, 0.15) is 29.8 Å². The van der Waals surface area contributed by atoms with Crippen molar-refractivity contribution in [1.29, 1.82) is 0 Å². The van der Waals surface area contributed by atoms with Gasteiger partial charge in [-0.3, -0.25) is 4.79 Å². The van der Waals surface area contributed by atoms with Crippen LogP contribution in [-0.4, -0.2) is 34.5 Å². The number of halogens is 3. The Kier molecular flexibility index (Phi) is 7.20. The molecular weight excluding hydrogens is 522 g/mol. The summed E-state index contributed by atoms with van der Waals surface area (Å²) in [6.45, 7) is 4.33. The van der Waals surface area contributed by atoms with Gasteiger partial charge in [-0.1, -0.05) is 17.7 Å². The average molecular weight is 549 g/mol. The van der Waals surface area contributed by atoms with Gasteiger partial charge in [0.25, 0.3) is 5.91 Å². The zero-order valence-electron chi connectivity index (χ0n) is 21.4. The van der Waals surface area contributed by atoms with Crippen LogP contribution in [0.15, 0.2) is 66.9 Å². The number of nitrogens with two attached hydrogens (primary N) is 1. The maximum Gasteiger partial charge on any atom is 0.251 e. The maximum atomic E-state index is 14.8. The number of rotatable bonds is 6. The molecule has 1 aliphatic rings. The standard InChI is InChI=1S/C29H27ClF2N6O/c1-29(2,33)16-35-27(39)17-6-9-20(10-7-17)36-28-34-15-18-12-13-38(26-22(31)4-3-5-23(26)32)24-14-19(30)8-11-21(24)25(18)37-28/h3-11,14-15H,12-13,16,33H2,1-2H3,(H,35,39)(H,34,36,37). The number of para-hydroxylation sites is 1. The fourth-order valence-corrected chi connectivity index (χ4v) is 4.55. The molecule has 7 nitrogen and oxygen atoms in total. The van der Waals surface area contributed by atoms with Crippen LogP contribution in [0, 0.1) is 11.6 Å². The number of hydrogen-bond acceptors (Lipinski definition) is 6. The molecule has 0 radical (unpaired) electrons. The summed E-state index contributed by atoms with van der Waals surface area (Å²) in [5, 5.41) is 6.42. The van der Waals surface area contributed by atoms with Crippen LogP contribution in [0.4, 0.5) is 31.8 Å². The predicted molar refractivity (Wildman–Crippen MR) is 150 cm³/mol. The van der Waals surface area contributed by atoms with Crippen LogP contribution in [0.3, 0.4) is 0 Å². The normalized spacial score (nSPS) is 12.8. The van der Waals surface area contributed by atoms with E-state index >= 15 is 0 Å². The first-order valence-electron chi connectivity index (χ1n) is 12.4. The highest BCUT2D eigenvalue weighted by Crippen LogP contribution is 2.42. The number of amides is 1. The lowest BCUT2D eigenvalue weighted by Gasteiger charge is -2.26. The second-order valence-electron chi connectivity index (χ2n) is 10.1. The number of aromatic nitrogens is 2. The molecule has 4 aromatic rings. The Hall–Kier alpha value is -4.08. The minimum Gasteiger partial charge on any atom is -0.350 e. The van der Waals surface area contributed by atoms with Gasteiger partial charge in [-0.05, 0) is 80.4 Å². The fourth-order valence-electron chi connectivity index (χ4n) is 4.39. The third-order valence-electron chi connectivity index (χ3n) is 6.29. The average Bonchev–Trinajstić information content (AvgIpc) is 3.04. The highest BCUT2D eigenvalue weighted by Gasteiger charge is 2.27. The second-order valence-corrected chi connectivity index (χ2v) is 10.5. The van der Waals surface area contributed by atoms with Crippen LogP contribution in [0.25, 0.3) is 11.3 Å². The van der Waals surface area contributed by atoms with Gasteiger partial charge in [-0.25, -0.2) is 18.7 Å². The van der Waals surface area contributed by atoms with Gasteiger partial charge in [0.05, 0.1) is 11.4 Å². The summed E-state index contributed by atoms with van der Waals surface area (Å²) in [6.07, 6.45) is 2.17. The molecule has 1 amide bonds. The molecule has 0 bridgehead atoms. The van der Waals surface area contributed by atoms with Gasteiger partial charge in [-0.2, -0.15) is 0 Å². The SMILES string of the molecule is CC(C)(N)CNC(=O)c1ccc(Nc2ncc3c(n2)-c2ccc(Cl)cc2N(c2c(F)cccc2F)CC3)cc1. The Morgan fingerprint density at radius 3 is 2.51 bits per heavy atom. The topological polar surface area (TPSA) is 96.2 Å². The Balaban J connectivity index is 1.44. The van der Waals surface area contributed by atoms with E-state index in [1.807, 2.05) is 13.8 Å². The minimum absolute atomic E-state index is 0.140. The number of anilines is 4. The molecule has 1 aliphatic heterocycles. The highest BCUT2D eigenvalue weighted by molar-refractivity contribution is 6.31. The van der Waals surface area contributed by atoms with E-state index < -0.39 is 17.2 Å². The monoisotopic (exact) mass is 548 g/mol. The summed E-state index contributed by atoms with van der Waals surface area (Å²) in [4.78, 5) is 23.2. The van der Waals surface area contributed by atoms with Crippen molar-refractivity contribution in [3.63, 3.8) is 0 Å². The first-order chi connectivity index (χ1) is 18.6. The summed E-state index contributed by atoms with van der Waals surface area (Å²) in [6, 6.07) is 15.9. The third kappa shape index (κ3) is 5.84. The molecule has 0 atom stereocenters. The van der Waals surface area contributed by atoms with Crippen LogP contribution in [-0.2, 0) is 6.42 Å². The Morgan fingerprint density at radius 2 is 1.82 bits per heavy atom. The zero-order valence-corrected chi connectivity index (χ0v) is 22.2. The molecule has 0 saturated heterocycles. The lowest BCUT2D eigenvalue weighted by molar-refractivity contribution is 0.0946. The number of carbonyl (C=O) groups excluding carboxylic acids is 1. The zero-order chi connectivity index (χ0) is 27.7. The minimum atomic E-state index is -0.663. The van der Waals surface area contributed by atoms with Gasteiger partial charge in [0, 0.05) is 46.7 Å². The van der Waals surface area contributed by atoms with Crippen molar-refractivity contribution in [2.24, 2.45) is 5.73 Å². The predicted octanol–water partition coefficient (Wildman–Crippen LogP) is 5.98. The molecule has 5 rings (SSSR count). The lowest BCUT2D eigenvalue weighted by Crippen LogP contribution is -2.45. The van der Waals surface area contributed by atoms with Crippen molar-refractivity contribution >= 4 is 40.5 Å². The first-order valence-corrected chi connectivity index (χ1v) is 12.8. The van der Waals surface area contributed by atoms with Crippen molar-refractivity contribution in [3.8, 4) is 11.3 Å². The van der Waals surface area contributed by atoms with E-state index in [1.54, 1.807) is 53.6 Å². The number of nitrogens with one attached hydrogen (secondary N) is 2. The maximum absolute atomic E-state index is 14.8. The molecule has 10 heteroatoms. The van der Waals surface area contributed by atoms with Crippen molar-refractivity contribution in [2.75, 3.05) is 23.3 Å². The molecule has 1 aromatic heterocycles. The summed E-state index contributed by atoms with van der Waals surface area (Å²) in [5.41, 5.74) is 9.16. The van der Waals surface area contributed by atoms with Gasteiger partial charge in [0.15, 0.2) is 0 Å². The number of hydrogen-bond donors (Lipinski definition) is 3. The molecule has 0 spiro atoms. The van der Waals surface area contributed by atoms with E-state index in [4.69, 9.17) is 22.3 Å². The second kappa shape index (κ2) is 10.6. The summed E-state index contributed by atoms with van der Waals surface area (Å²) in [7, 11) is 0. The molecule has 4 N–H and O–H groups in total. The number of fused-ring (bicyclic) bond motifs is 3. The smallest absolute Gasteiger partial charge is 0.251 e. The van der Waals surface area contributed by atoms with E-state index in [2.05, 4.69) is 15.6 Å². The first kappa shape index (κ1) is 26.5. The van der Waals surface area contributed by atoms with E-state index in [0.29, 0.717) is 58.7 Å². The van der Waals surface area contributed by atoms with E-state index in [0.717, 1.165) is 5.56 Å². The van der Waals surface area contributed by atoms with Crippen molar-refractivity contribution < 1.29 is 13.6 Å². The molecule has 0 aliphatic carbocycles. The molecular formula is C29H27ClF2N6O. The van der Waals surface area contributed by atoms with Crippen LogP contribution < -0.4 is 21.3 Å². The van der Waals surface area contributed by atoms with Gasteiger partial charge < -0.3 is 21.3 Å². The largest absolute Gasteiger partial charge is 0.350 e. The summed E-state index contributed by atoms with van der Waals surface area (Å²) in [5.74, 6) is -1.21. The molecule has 0 saturated carbocycles. The number of nitrogens with zero attached hydrogens (tertiary/aromatic N) is 3. The van der Waals surface area contributed by atoms with Gasteiger partial charge in [0.1, 0.15) is 17.3 Å². The van der Waals surface area contributed by atoms with Crippen molar-refractivity contribution in [2.45, 2.75) is 25.8 Å². The molecule has 3 aromatic carbocycles. The number of benzene rings is 3. The highest BCUT2D eigenvalue weighted by atomic mass is 35.5. The quantitative estimate of drug-likeness (QED) is 0.274. The molecule has 0 unspecified atom stereocenters. The van der Waals surface area contributed by atoms with Crippen molar-refractivity contribution in [3.05, 3.63) is 94.6 Å². The van der Waals surface area contributed by atoms with E-state index in [9.17, 15) is 13.6 Å². The molecule has 0 fully saturated rings. The van der Waals surface area contributed by atoms with E-state index in [1.165, 1.54) is 18.2 Å². The van der Waals surface area contributed by atoms with Gasteiger partial charge in [-0.15, -0.1) is 0 Å². The third-order valence-corrected chi connectivity index (χ3v) is 6.53. The fraction of sp³-hybridized carbons (Fsp3) is 0.207. The molecule has 2 heterocycles. The van der Waals surface area contributed by atoms with Gasteiger partial charge >= 0.3 is 0 Å². The Labute approximate surface area is 230 Å².